The largest absolute Gasteiger partial charge is 0.454 e. The number of ether oxygens (including phenoxy) is 1. The average molecular weight is 461 g/mol. The summed E-state index contributed by atoms with van der Waals surface area (Å²) >= 11 is 0. The fraction of sp³-hybridized carbons (Fsp3) is 0.217. The lowest BCUT2D eigenvalue weighted by Gasteiger charge is -2.10. The molecule has 0 saturated heterocycles. The van der Waals surface area contributed by atoms with E-state index in [1.54, 1.807) is 6.07 Å². The molecule has 1 aromatic heterocycles. The van der Waals surface area contributed by atoms with Gasteiger partial charge in [-0.1, -0.05) is 30.3 Å². The molecule has 0 fully saturated rings. The molecule has 0 aliphatic heterocycles. The molecule has 3 aromatic rings. The van der Waals surface area contributed by atoms with E-state index in [1.165, 1.54) is 0 Å². The van der Waals surface area contributed by atoms with Gasteiger partial charge in [0.15, 0.2) is 6.61 Å². The summed E-state index contributed by atoms with van der Waals surface area (Å²) in [5.74, 6) is -4.81. The molecular weight excluding hydrogens is 440 g/mol. The molecule has 3 rings (SSSR count). The number of halogens is 2. The number of ketones is 1. The van der Waals surface area contributed by atoms with Gasteiger partial charge >= 0.3 is 11.7 Å². The van der Waals surface area contributed by atoms with E-state index in [0.717, 1.165) is 41.2 Å². The number of esters is 1. The molecule has 0 amide bonds. The number of hydrogen-bond acceptors (Lipinski definition) is 5. The fourth-order valence-corrected chi connectivity index (χ4v) is 3.99. The Hall–Kier alpha value is -3.33. The van der Waals surface area contributed by atoms with Crippen LogP contribution in [-0.2, 0) is 21.1 Å². The molecule has 1 heterocycles. The van der Waals surface area contributed by atoms with Gasteiger partial charge in [-0.3, -0.25) is 4.79 Å². The second-order valence-corrected chi connectivity index (χ2v) is 9.10. The number of hydrogen-bond donors (Lipinski definition) is 0. The maximum absolute atomic E-state index is 12.6. The molecule has 2 aromatic carbocycles. The van der Waals surface area contributed by atoms with Crippen LogP contribution in [0.5, 0.6) is 0 Å². The van der Waals surface area contributed by atoms with Crippen LogP contribution < -0.4 is 0 Å². The first-order valence-electron chi connectivity index (χ1n) is 9.64. The summed E-state index contributed by atoms with van der Waals surface area (Å²) in [4.78, 5) is 24.2. The van der Waals surface area contributed by atoms with Gasteiger partial charge in [0.05, 0.1) is 10.5 Å². The van der Waals surface area contributed by atoms with E-state index in [4.69, 9.17) is 4.74 Å². The van der Waals surface area contributed by atoms with Gasteiger partial charge in [0, 0.05) is 23.5 Å². The van der Waals surface area contributed by atoms with Crippen molar-refractivity contribution in [3.8, 4) is 0 Å². The molecule has 0 spiro atoms. The molecule has 0 unspecified atom stereocenters. The highest BCUT2D eigenvalue weighted by Gasteiger charge is 2.26. The quantitative estimate of drug-likeness (QED) is 0.371. The Kier molecular flexibility index (Phi) is 6.88. The monoisotopic (exact) mass is 461 g/mol. The van der Waals surface area contributed by atoms with E-state index in [0.29, 0.717) is 12.1 Å². The van der Waals surface area contributed by atoms with Gasteiger partial charge < -0.3 is 9.30 Å². The number of sulfone groups is 1. The number of carbonyl (C=O) groups is 2. The van der Waals surface area contributed by atoms with Gasteiger partial charge in [0.2, 0.25) is 15.6 Å². The molecule has 0 aliphatic carbocycles. The van der Waals surface area contributed by atoms with Gasteiger partial charge in [0.25, 0.3) is 0 Å². The number of aryl methyl sites for hydroxylation is 1. The summed E-state index contributed by atoms with van der Waals surface area (Å²) < 4.78 is 55.1. The van der Waals surface area contributed by atoms with Crippen LogP contribution in [0.15, 0.2) is 65.6 Å². The maximum Gasteiger partial charge on any atom is 0.341 e. The number of rotatable bonds is 8. The lowest BCUT2D eigenvalue weighted by atomic mass is 10.1. The topological polar surface area (TPSA) is 82.4 Å². The third kappa shape index (κ3) is 4.94. The molecule has 32 heavy (non-hydrogen) atoms. The number of aromatic nitrogens is 1. The molecule has 0 bridgehead atoms. The van der Waals surface area contributed by atoms with Crippen molar-refractivity contribution >= 4 is 21.6 Å². The van der Waals surface area contributed by atoms with E-state index in [1.807, 2.05) is 48.7 Å². The SMILES string of the molecule is Cc1cc(C(=O)COC(=O)c2ccc(S(=O)(=O)C(F)F)cc2)c(C)n1Cc1ccccc1. The van der Waals surface area contributed by atoms with Crippen LogP contribution in [0.1, 0.15) is 37.7 Å². The van der Waals surface area contributed by atoms with Gasteiger partial charge in [-0.05, 0) is 49.7 Å². The minimum atomic E-state index is -4.75. The van der Waals surface area contributed by atoms with Crippen LogP contribution >= 0.6 is 0 Å². The maximum atomic E-state index is 12.6. The second kappa shape index (κ2) is 9.44. The van der Waals surface area contributed by atoms with E-state index in [2.05, 4.69) is 0 Å². The molecule has 0 saturated carbocycles. The highest BCUT2D eigenvalue weighted by molar-refractivity contribution is 7.91. The van der Waals surface area contributed by atoms with Crippen molar-refractivity contribution in [3.63, 3.8) is 0 Å². The van der Waals surface area contributed by atoms with Crippen molar-refractivity contribution in [2.45, 2.75) is 31.0 Å². The first-order valence-corrected chi connectivity index (χ1v) is 11.2. The zero-order valence-electron chi connectivity index (χ0n) is 17.4. The normalized spacial score (nSPS) is 11.5. The summed E-state index contributed by atoms with van der Waals surface area (Å²) in [6, 6.07) is 15.4. The van der Waals surface area contributed by atoms with E-state index < -0.39 is 33.1 Å². The molecule has 0 atom stereocenters. The van der Waals surface area contributed by atoms with E-state index in [-0.39, 0.29) is 11.3 Å². The summed E-state index contributed by atoms with van der Waals surface area (Å²) in [7, 11) is -4.75. The van der Waals surface area contributed by atoms with Crippen molar-refractivity contribution in [1.29, 1.82) is 0 Å². The smallest absolute Gasteiger partial charge is 0.341 e. The van der Waals surface area contributed by atoms with Crippen LogP contribution in [0.2, 0.25) is 0 Å². The summed E-state index contributed by atoms with van der Waals surface area (Å²) in [6.07, 6.45) is 0. The third-order valence-corrected chi connectivity index (χ3v) is 6.44. The minimum Gasteiger partial charge on any atom is -0.454 e. The molecule has 9 heteroatoms. The van der Waals surface area contributed by atoms with Crippen molar-refractivity contribution < 1.29 is 31.5 Å². The Morgan fingerprint density at radius 1 is 1.00 bits per heavy atom. The standard InChI is InChI=1S/C23H21F2NO5S/c1-15-12-20(16(2)26(15)13-17-6-4-3-5-7-17)21(27)14-31-22(28)18-8-10-19(11-9-18)32(29,30)23(24)25/h3-12,23H,13-14H2,1-2H3. The van der Waals surface area contributed by atoms with Crippen LogP contribution in [0, 0.1) is 13.8 Å². The number of benzene rings is 2. The number of Topliss-reactive ketones (excluding diaryl/α,β-unsaturated/α-hetero) is 1. The molecular formula is C23H21F2NO5S. The predicted molar refractivity (Wildman–Crippen MR) is 114 cm³/mol. The van der Waals surface area contributed by atoms with Crippen LogP contribution in [-0.4, -0.2) is 37.1 Å². The van der Waals surface area contributed by atoms with Crippen molar-refractivity contribution in [2.24, 2.45) is 0 Å². The predicted octanol–water partition coefficient (Wildman–Crippen LogP) is 4.19. The highest BCUT2D eigenvalue weighted by atomic mass is 32.2. The first-order chi connectivity index (χ1) is 15.1. The summed E-state index contributed by atoms with van der Waals surface area (Å²) in [6.45, 7) is 3.78. The lowest BCUT2D eigenvalue weighted by Crippen LogP contribution is -2.16. The first kappa shape index (κ1) is 23.3. The van der Waals surface area contributed by atoms with Crippen molar-refractivity contribution in [1.82, 2.24) is 4.57 Å². The number of alkyl halides is 2. The van der Waals surface area contributed by atoms with Crippen molar-refractivity contribution in [2.75, 3.05) is 6.61 Å². The Labute approximate surface area is 184 Å². The lowest BCUT2D eigenvalue weighted by molar-refractivity contribution is 0.0474. The average Bonchev–Trinajstić information content (AvgIpc) is 3.06. The summed E-state index contributed by atoms with van der Waals surface area (Å²) in [5, 5.41) is 0. The van der Waals surface area contributed by atoms with Gasteiger partial charge in [-0.2, -0.15) is 8.78 Å². The van der Waals surface area contributed by atoms with Gasteiger partial charge in [0.1, 0.15) is 0 Å². The Morgan fingerprint density at radius 3 is 2.22 bits per heavy atom. The van der Waals surface area contributed by atoms with E-state index >= 15 is 0 Å². The van der Waals surface area contributed by atoms with Gasteiger partial charge in [-0.25, -0.2) is 13.2 Å². The number of nitrogens with zero attached hydrogens (tertiary/aromatic N) is 1. The molecule has 0 radical (unpaired) electrons. The Balaban J connectivity index is 1.67. The highest BCUT2D eigenvalue weighted by Crippen LogP contribution is 2.20. The second-order valence-electron chi connectivity index (χ2n) is 7.19. The zero-order chi connectivity index (χ0) is 23.5. The third-order valence-electron chi connectivity index (χ3n) is 5.05. The zero-order valence-corrected chi connectivity index (χ0v) is 18.2. The van der Waals surface area contributed by atoms with E-state index in [9.17, 15) is 26.8 Å². The van der Waals surface area contributed by atoms with Crippen LogP contribution in [0.3, 0.4) is 0 Å². The van der Waals surface area contributed by atoms with Crippen molar-refractivity contribution in [3.05, 3.63) is 88.7 Å². The molecule has 6 nitrogen and oxygen atoms in total. The molecule has 168 valence electrons. The number of carbonyl (C=O) groups excluding carboxylic acids is 2. The van der Waals surface area contributed by atoms with Crippen LogP contribution in [0.25, 0.3) is 0 Å². The fourth-order valence-electron chi connectivity index (χ4n) is 3.27. The summed E-state index contributed by atoms with van der Waals surface area (Å²) in [5.41, 5.74) is 3.09. The minimum absolute atomic E-state index is 0.0550. The Bertz CT molecular complexity index is 1230. The molecule has 0 aliphatic rings. The van der Waals surface area contributed by atoms with Gasteiger partial charge in [-0.15, -0.1) is 0 Å². The Morgan fingerprint density at radius 2 is 1.62 bits per heavy atom. The molecule has 0 N–H and O–H groups in total. The van der Waals surface area contributed by atoms with Crippen LogP contribution in [0.4, 0.5) is 8.78 Å².